The molecule has 0 spiro atoms. The molecule has 4 aliphatic carbocycles. The number of hydrogen-bond acceptors (Lipinski definition) is 10. The Balaban J connectivity index is 1.01. The van der Waals surface area contributed by atoms with Crippen LogP contribution in [0.2, 0.25) is 0 Å². The number of hydrogen-bond donors (Lipinski definition) is 3. The summed E-state index contributed by atoms with van der Waals surface area (Å²) < 4.78 is 25.6. The molecule has 0 radical (unpaired) electrons. The van der Waals surface area contributed by atoms with Crippen molar-refractivity contribution in [1.29, 1.82) is 0 Å². The zero-order valence-electron chi connectivity index (χ0n) is 27.1. The number of epoxide rings is 1. The predicted octanol–water partition coefficient (Wildman–Crippen LogP) is 1.98. The summed E-state index contributed by atoms with van der Waals surface area (Å²) in [6.45, 7) is 0.337. The molecule has 4 heterocycles. The minimum atomic E-state index is -1.29. The first-order valence-corrected chi connectivity index (χ1v) is 18.0. The molecular weight excluding hydrogens is 618 g/mol. The van der Waals surface area contributed by atoms with Crippen molar-refractivity contribution in [1.82, 2.24) is 15.7 Å². The Morgan fingerprint density at radius 3 is 2.52 bits per heavy atom. The topological polar surface area (TPSA) is 148 Å². The van der Waals surface area contributed by atoms with Crippen molar-refractivity contribution in [3.05, 3.63) is 41.5 Å². The lowest BCUT2D eigenvalue weighted by atomic mass is 9.62. The highest BCUT2D eigenvalue weighted by atomic mass is 16.8. The number of aliphatic hydroxyl groups is 1. The Hall–Kier alpha value is -2.87. The Bertz CT molecular complexity index is 1480. The molecule has 4 saturated carbocycles. The maximum Gasteiger partial charge on any atom is 0.327 e. The van der Waals surface area contributed by atoms with Crippen LogP contribution in [0, 0.1) is 23.2 Å². The molecule has 2 bridgehead atoms. The van der Waals surface area contributed by atoms with Crippen LogP contribution in [0.15, 0.2) is 30.3 Å². The Labute approximate surface area is 279 Å². The normalized spacial score (nSPS) is 39.1. The maximum atomic E-state index is 14.4. The number of nitrogens with zero attached hydrogens (tertiary/aromatic N) is 1. The minimum absolute atomic E-state index is 0.0436. The lowest BCUT2D eigenvalue weighted by Gasteiger charge is -2.48. The molecule has 3 N–H and O–H groups in total. The summed E-state index contributed by atoms with van der Waals surface area (Å²) in [6.07, 6.45) is 10.4. The number of benzene rings is 1. The molecule has 4 aliphatic heterocycles. The van der Waals surface area contributed by atoms with Crippen LogP contribution in [-0.2, 0) is 44.7 Å². The Kier molecular flexibility index (Phi) is 7.71. The van der Waals surface area contributed by atoms with E-state index in [-0.39, 0.29) is 50.9 Å². The van der Waals surface area contributed by atoms with Crippen LogP contribution in [0.25, 0.3) is 6.08 Å². The molecule has 9 rings (SSSR count). The zero-order chi connectivity index (χ0) is 32.6. The molecule has 1 aromatic rings. The van der Waals surface area contributed by atoms with Gasteiger partial charge in [-0.15, -0.1) is 0 Å². The van der Waals surface area contributed by atoms with Crippen LogP contribution in [0.4, 0.5) is 0 Å². The smallest absolute Gasteiger partial charge is 0.327 e. The summed E-state index contributed by atoms with van der Waals surface area (Å²) in [7, 11) is 0. The standard InChI is InChI=1S/C36H45N3O9/c40-16-15-37-28(41)13-14-38-34(43)35-18-27-29-30(47-36(46-29,23-8-9-23)24-10-11-24)32(35)48-39(31(35)33(42)45-27)19-22-4-2-1-3-21(22)7-5-20-6-12-25-26(17-20)44-25/h1-5,7,20,23-27,29-32,40H,6,8-19H2,(H,37,41)(H,38,43)/t20?,25?,26?,27-,29+,30+,31+,32-,35+/m1/s1. The lowest BCUT2D eigenvalue weighted by Crippen LogP contribution is -2.69. The van der Waals surface area contributed by atoms with Crippen molar-refractivity contribution in [3.8, 4) is 0 Å². The SMILES string of the molecule is O=C(CCNC(=O)[C@@]12C[C@H]3OC(=O)[C@@H]1N(Cc1ccccc1C=CC1CCC4OC4C1)O[C@@H]2[C@H]1OC(C2CC2)(C2CC2)O[C@H]13)NCCO. The summed E-state index contributed by atoms with van der Waals surface area (Å²) in [5, 5.41) is 16.3. The minimum Gasteiger partial charge on any atom is -0.458 e. The van der Waals surface area contributed by atoms with Gasteiger partial charge in [-0.2, -0.15) is 5.06 Å². The number of carbonyl (C=O) groups is 3. The van der Waals surface area contributed by atoms with Crippen molar-refractivity contribution < 1.29 is 43.3 Å². The molecule has 48 heavy (non-hydrogen) atoms. The van der Waals surface area contributed by atoms with Crippen LogP contribution in [0.1, 0.15) is 68.9 Å². The van der Waals surface area contributed by atoms with Crippen LogP contribution < -0.4 is 10.6 Å². The average Bonchev–Trinajstić information content (AvgIpc) is 3.98. The van der Waals surface area contributed by atoms with Gasteiger partial charge in [0.2, 0.25) is 11.8 Å². The fourth-order valence-electron chi connectivity index (χ4n) is 9.26. The molecule has 258 valence electrons. The summed E-state index contributed by atoms with van der Waals surface area (Å²) in [5.74, 6) is -0.804. The van der Waals surface area contributed by atoms with E-state index in [0.717, 1.165) is 56.1 Å². The van der Waals surface area contributed by atoms with Gasteiger partial charge in [-0.1, -0.05) is 36.4 Å². The predicted molar refractivity (Wildman–Crippen MR) is 168 cm³/mol. The van der Waals surface area contributed by atoms with E-state index in [1.165, 1.54) is 0 Å². The second-order valence-corrected chi connectivity index (χ2v) is 15.1. The molecule has 8 fully saturated rings. The van der Waals surface area contributed by atoms with Crippen LogP contribution >= 0.6 is 0 Å². The van der Waals surface area contributed by atoms with Gasteiger partial charge in [0.15, 0.2) is 11.8 Å². The summed E-state index contributed by atoms with van der Waals surface area (Å²) in [6, 6.07) is 7.08. The molecule has 8 aliphatic rings. The number of aliphatic hydroxyl groups excluding tert-OH is 1. The van der Waals surface area contributed by atoms with Gasteiger partial charge < -0.3 is 34.7 Å². The molecule has 4 saturated heterocycles. The van der Waals surface area contributed by atoms with E-state index in [2.05, 4.69) is 28.9 Å². The van der Waals surface area contributed by atoms with Crippen molar-refractivity contribution in [2.45, 2.75) is 113 Å². The second kappa shape index (κ2) is 11.9. The number of amides is 2. The van der Waals surface area contributed by atoms with Crippen LogP contribution in [-0.4, -0.2) is 96.1 Å². The molecule has 12 nitrogen and oxygen atoms in total. The van der Waals surface area contributed by atoms with Crippen LogP contribution in [0.3, 0.4) is 0 Å². The summed E-state index contributed by atoms with van der Waals surface area (Å²) >= 11 is 0. The van der Waals surface area contributed by atoms with E-state index >= 15 is 0 Å². The quantitative estimate of drug-likeness (QED) is 0.224. The molecule has 9 atom stereocenters. The number of esters is 1. The van der Waals surface area contributed by atoms with Gasteiger partial charge in [0.1, 0.15) is 29.8 Å². The van der Waals surface area contributed by atoms with Gasteiger partial charge in [0.25, 0.3) is 0 Å². The highest BCUT2D eigenvalue weighted by Gasteiger charge is 2.78. The van der Waals surface area contributed by atoms with Gasteiger partial charge in [0, 0.05) is 37.8 Å². The number of hydroxylamine groups is 2. The number of rotatable bonds is 12. The van der Waals surface area contributed by atoms with E-state index < -0.39 is 47.6 Å². The molecule has 2 amide bonds. The van der Waals surface area contributed by atoms with E-state index in [1.54, 1.807) is 5.06 Å². The molecule has 1 aromatic carbocycles. The number of ether oxygens (including phenoxy) is 4. The highest BCUT2D eigenvalue weighted by Crippen LogP contribution is 2.63. The van der Waals surface area contributed by atoms with Gasteiger partial charge in [-0.3, -0.25) is 19.2 Å². The van der Waals surface area contributed by atoms with Crippen molar-refractivity contribution >= 4 is 23.9 Å². The molecule has 3 unspecified atom stereocenters. The van der Waals surface area contributed by atoms with E-state index in [9.17, 15) is 14.4 Å². The molecular formula is C36H45N3O9. The molecule has 12 heteroatoms. The maximum absolute atomic E-state index is 14.4. The van der Waals surface area contributed by atoms with E-state index in [0.29, 0.717) is 30.0 Å². The van der Waals surface area contributed by atoms with Gasteiger partial charge in [-0.05, 0) is 62.0 Å². The van der Waals surface area contributed by atoms with Crippen LogP contribution in [0.5, 0.6) is 0 Å². The summed E-state index contributed by atoms with van der Waals surface area (Å²) in [4.78, 5) is 47.5. The van der Waals surface area contributed by atoms with Crippen molar-refractivity contribution in [2.75, 3.05) is 19.7 Å². The third kappa shape index (κ3) is 5.22. The number of allylic oxidation sites excluding steroid dienone is 1. The first kappa shape index (κ1) is 31.1. The fourth-order valence-corrected chi connectivity index (χ4v) is 9.26. The van der Waals surface area contributed by atoms with Crippen molar-refractivity contribution in [3.63, 3.8) is 0 Å². The second-order valence-electron chi connectivity index (χ2n) is 15.1. The monoisotopic (exact) mass is 663 g/mol. The average molecular weight is 664 g/mol. The number of carbonyl (C=O) groups excluding carboxylic acids is 3. The van der Waals surface area contributed by atoms with E-state index in [4.69, 9.17) is 28.9 Å². The Morgan fingerprint density at radius 1 is 0.958 bits per heavy atom. The van der Waals surface area contributed by atoms with Crippen molar-refractivity contribution in [2.24, 2.45) is 23.2 Å². The third-order valence-corrected chi connectivity index (χ3v) is 12.0. The number of nitrogens with one attached hydrogen (secondary N) is 2. The lowest BCUT2D eigenvalue weighted by molar-refractivity contribution is -0.235. The largest absolute Gasteiger partial charge is 0.458 e. The van der Waals surface area contributed by atoms with E-state index in [1.807, 2.05) is 18.2 Å². The van der Waals surface area contributed by atoms with Gasteiger partial charge in [-0.25, -0.2) is 0 Å². The zero-order valence-corrected chi connectivity index (χ0v) is 27.1. The van der Waals surface area contributed by atoms with Gasteiger partial charge in [0.05, 0.1) is 25.4 Å². The fraction of sp³-hybridized carbons (Fsp3) is 0.694. The summed E-state index contributed by atoms with van der Waals surface area (Å²) in [5.41, 5.74) is 0.715. The molecule has 0 aromatic heterocycles. The third-order valence-electron chi connectivity index (χ3n) is 12.0. The number of fused-ring (bicyclic) bond motifs is 5. The first-order chi connectivity index (χ1) is 23.4. The first-order valence-electron chi connectivity index (χ1n) is 18.0. The van der Waals surface area contributed by atoms with Gasteiger partial charge >= 0.3 is 5.97 Å². The highest BCUT2D eigenvalue weighted by molar-refractivity contribution is 5.94. The Morgan fingerprint density at radius 2 is 1.75 bits per heavy atom.